The van der Waals surface area contributed by atoms with Crippen LogP contribution < -0.4 is 10.2 Å². The van der Waals surface area contributed by atoms with Crippen molar-refractivity contribution >= 4 is 11.6 Å². The molecule has 1 aromatic carbocycles. The van der Waals surface area contributed by atoms with Gasteiger partial charge in [-0.05, 0) is 81.6 Å². The number of likely N-dealkylation sites (tertiary alicyclic amines) is 2. The average molecular weight is 428 g/mol. The fraction of sp³-hybridized carbons (Fsp3) is 0.720. The van der Waals surface area contributed by atoms with Crippen molar-refractivity contribution in [3.8, 4) is 0 Å². The highest BCUT2D eigenvalue weighted by molar-refractivity contribution is 5.80. The third kappa shape index (κ3) is 6.13. The summed E-state index contributed by atoms with van der Waals surface area (Å²) in [7, 11) is 0. The van der Waals surface area contributed by atoms with Crippen LogP contribution in [-0.4, -0.2) is 79.8 Å². The zero-order valence-corrected chi connectivity index (χ0v) is 19.3. The lowest BCUT2D eigenvalue weighted by atomic mass is 9.97. The van der Waals surface area contributed by atoms with Gasteiger partial charge in [-0.1, -0.05) is 12.1 Å². The summed E-state index contributed by atoms with van der Waals surface area (Å²) in [6, 6.07) is 8.92. The largest absolute Gasteiger partial charge is 0.396 e. The van der Waals surface area contributed by atoms with Crippen LogP contribution in [0.15, 0.2) is 29.3 Å². The van der Waals surface area contributed by atoms with E-state index < -0.39 is 0 Å². The molecule has 3 heterocycles. The first-order chi connectivity index (χ1) is 15.2. The lowest BCUT2D eigenvalue weighted by Crippen LogP contribution is -2.40. The predicted molar refractivity (Wildman–Crippen MR) is 129 cm³/mol. The van der Waals surface area contributed by atoms with E-state index in [-0.39, 0.29) is 0 Å². The van der Waals surface area contributed by atoms with Crippen molar-refractivity contribution in [3.63, 3.8) is 0 Å². The van der Waals surface area contributed by atoms with Crippen molar-refractivity contribution < 1.29 is 5.11 Å². The second-order valence-corrected chi connectivity index (χ2v) is 9.56. The van der Waals surface area contributed by atoms with Crippen LogP contribution in [0.5, 0.6) is 0 Å². The molecule has 31 heavy (non-hydrogen) atoms. The zero-order valence-electron chi connectivity index (χ0n) is 19.3. The van der Waals surface area contributed by atoms with Gasteiger partial charge in [0.2, 0.25) is 0 Å². The fourth-order valence-corrected chi connectivity index (χ4v) is 5.28. The predicted octanol–water partition coefficient (Wildman–Crippen LogP) is 2.78. The molecule has 1 aromatic rings. The standard InChI is InChI=1S/C25H41N5O/c1-2-26-25(30-16-11-23(19-30)18-28-12-3-4-13-28)27-17-21-5-7-24(8-6-21)29-14-9-22(20-31)10-15-29/h5-8,22-23,31H,2-4,9-20H2,1H3,(H,26,27). The van der Waals surface area contributed by atoms with Gasteiger partial charge in [0.05, 0.1) is 6.54 Å². The van der Waals surface area contributed by atoms with Crippen LogP contribution >= 0.6 is 0 Å². The third-order valence-corrected chi connectivity index (χ3v) is 7.22. The van der Waals surface area contributed by atoms with E-state index in [1.54, 1.807) is 0 Å². The van der Waals surface area contributed by atoms with Crippen LogP contribution in [0.1, 0.15) is 44.6 Å². The first-order valence-corrected chi connectivity index (χ1v) is 12.5. The summed E-state index contributed by atoms with van der Waals surface area (Å²) in [5.74, 6) is 2.33. The minimum absolute atomic E-state index is 0.328. The molecule has 3 aliphatic heterocycles. The molecular weight excluding hydrogens is 386 g/mol. The first kappa shape index (κ1) is 22.4. The Hall–Kier alpha value is -1.79. The Labute approximate surface area is 188 Å². The van der Waals surface area contributed by atoms with E-state index in [1.165, 1.54) is 50.1 Å². The molecule has 3 aliphatic rings. The SMILES string of the molecule is CCNC(=NCc1ccc(N2CCC(CO)CC2)cc1)N1CCC(CN2CCCC2)C1. The number of nitrogens with one attached hydrogen (secondary N) is 1. The van der Waals surface area contributed by atoms with Crippen LogP contribution in [0, 0.1) is 11.8 Å². The van der Waals surface area contributed by atoms with E-state index in [9.17, 15) is 5.11 Å². The normalized spacial score (nSPS) is 23.7. The molecular formula is C25H41N5O. The molecule has 0 saturated carbocycles. The van der Waals surface area contributed by atoms with E-state index in [0.29, 0.717) is 12.5 Å². The van der Waals surface area contributed by atoms with Gasteiger partial charge in [0.15, 0.2) is 5.96 Å². The van der Waals surface area contributed by atoms with Crippen molar-refractivity contribution in [2.24, 2.45) is 16.8 Å². The highest BCUT2D eigenvalue weighted by Gasteiger charge is 2.27. The molecule has 0 bridgehead atoms. The Kier molecular flexibility index (Phi) is 8.09. The molecule has 2 N–H and O–H groups in total. The molecule has 0 amide bonds. The number of rotatable bonds is 7. The number of piperidine rings is 1. The number of hydrogen-bond donors (Lipinski definition) is 2. The summed E-state index contributed by atoms with van der Waals surface area (Å²) in [5, 5.41) is 12.9. The van der Waals surface area contributed by atoms with Crippen LogP contribution in [0.4, 0.5) is 5.69 Å². The van der Waals surface area contributed by atoms with Gasteiger partial charge in [0.25, 0.3) is 0 Å². The number of aliphatic hydroxyl groups is 1. The molecule has 3 fully saturated rings. The van der Waals surface area contributed by atoms with E-state index in [4.69, 9.17) is 4.99 Å². The Morgan fingerprint density at radius 2 is 1.71 bits per heavy atom. The third-order valence-electron chi connectivity index (χ3n) is 7.22. The quantitative estimate of drug-likeness (QED) is 0.518. The minimum Gasteiger partial charge on any atom is -0.396 e. The maximum absolute atomic E-state index is 9.34. The van der Waals surface area contributed by atoms with Gasteiger partial charge in [-0.15, -0.1) is 0 Å². The van der Waals surface area contributed by atoms with Gasteiger partial charge >= 0.3 is 0 Å². The molecule has 6 nitrogen and oxygen atoms in total. The smallest absolute Gasteiger partial charge is 0.194 e. The van der Waals surface area contributed by atoms with Crippen molar-refractivity contribution in [1.29, 1.82) is 0 Å². The van der Waals surface area contributed by atoms with E-state index in [2.05, 4.69) is 51.2 Å². The molecule has 0 spiro atoms. The summed E-state index contributed by atoms with van der Waals surface area (Å²) < 4.78 is 0. The van der Waals surface area contributed by atoms with Crippen LogP contribution in [-0.2, 0) is 6.54 Å². The van der Waals surface area contributed by atoms with Gasteiger partial charge in [0.1, 0.15) is 0 Å². The van der Waals surface area contributed by atoms with Gasteiger partial charge < -0.3 is 25.1 Å². The highest BCUT2D eigenvalue weighted by atomic mass is 16.3. The maximum atomic E-state index is 9.34. The van der Waals surface area contributed by atoms with Crippen LogP contribution in [0.2, 0.25) is 0 Å². The second kappa shape index (κ2) is 11.2. The summed E-state index contributed by atoms with van der Waals surface area (Å²) in [5.41, 5.74) is 2.55. The number of benzene rings is 1. The van der Waals surface area contributed by atoms with Crippen LogP contribution in [0.25, 0.3) is 0 Å². The number of aliphatic imine (C=N–C) groups is 1. The molecule has 172 valence electrons. The summed E-state index contributed by atoms with van der Waals surface area (Å²) in [4.78, 5) is 12.5. The van der Waals surface area contributed by atoms with Crippen molar-refractivity contribution in [3.05, 3.63) is 29.8 Å². The molecule has 6 heteroatoms. The molecule has 0 radical (unpaired) electrons. The molecule has 4 rings (SSSR count). The number of guanidine groups is 1. The Morgan fingerprint density at radius 1 is 1.00 bits per heavy atom. The summed E-state index contributed by atoms with van der Waals surface area (Å²) in [6.45, 7) is 12.3. The average Bonchev–Trinajstić information content (AvgIpc) is 3.50. The topological polar surface area (TPSA) is 54.3 Å². The molecule has 0 aromatic heterocycles. The molecule has 1 atom stereocenters. The van der Waals surface area contributed by atoms with Gasteiger partial charge in [-0.25, -0.2) is 4.99 Å². The lowest BCUT2D eigenvalue weighted by molar-refractivity contribution is 0.203. The zero-order chi connectivity index (χ0) is 21.5. The van der Waals surface area contributed by atoms with Crippen molar-refractivity contribution in [2.45, 2.75) is 45.6 Å². The minimum atomic E-state index is 0.328. The molecule has 1 unspecified atom stereocenters. The van der Waals surface area contributed by atoms with Gasteiger partial charge in [-0.2, -0.15) is 0 Å². The Bertz CT molecular complexity index is 692. The molecule has 0 aliphatic carbocycles. The van der Waals surface area contributed by atoms with Crippen molar-refractivity contribution in [2.75, 3.05) is 63.9 Å². The maximum Gasteiger partial charge on any atom is 0.194 e. The van der Waals surface area contributed by atoms with E-state index in [1.807, 2.05) is 0 Å². The first-order valence-electron chi connectivity index (χ1n) is 12.5. The molecule has 3 saturated heterocycles. The Balaban J connectivity index is 1.30. The lowest BCUT2D eigenvalue weighted by Gasteiger charge is -2.32. The number of anilines is 1. The highest BCUT2D eigenvalue weighted by Crippen LogP contribution is 2.24. The van der Waals surface area contributed by atoms with E-state index in [0.717, 1.165) is 64.0 Å². The van der Waals surface area contributed by atoms with E-state index >= 15 is 0 Å². The second-order valence-electron chi connectivity index (χ2n) is 9.56. The van der Waals surface area contributed by atoms with Crippen molar-refractivity contribution in [1.82, 2.24) is 15.1 Å². The van der Waals surface area contributed by atoms with Crippen LogP contribution in [0.3, 0.4) is 0 Å². The fourth-order valence-electron chi connectivity index (χ4n) is 5.28. The number of hydrogen-bond acceptors (Lipinski definition) is 4. The number of aliphatic hydroxyl groups excluding tert-OH is 1. The Morgan fingerprint density at radius 3 is 2.39 bits per heavy atom. The number of nitrogens with zero attached hydrogens (tertiary/aromatic N) is 4. The summed E-state index contributed by atoms with van der Waals surface area (Å²) >= 11 is 0. The van der Waals surface area contributed by atoms with Gasteiger partial charge in [-0.3, -0.25) is 0 Å². The monoisotopic (exact) mass is 427 g/mol. The summed E-state index contributed by atoms with van der Waals surface area (Å²) in [6.07, 6.45) is 6.20. The van der Waals surface area contributed by atoms with Gasteiger partial charge in [0, 0.05) is 51.6 Å².